The van der Waals surface area contributed by atoms with Gasteiger partial charge >= 0.3 is 0 Å². The minimum absolute atomic E-state index is 0.237. The average Bonchev–Trinajstić information content (AvgIpc) is 2.72. The van der Waals surface area contributed by atoms with Crippen LogP contribution in [0.25, 0.3) is 11.0 Å². The van der Waals surface area contributed by atoms with E-state index in [9.17, 15) is 4.39 Å². The van der Waals surface area contributed by atoms with E-state index in [0.29, 0.717) is 16.6 Å². The Labute approximate surface area is 110 Å². The van der Waals surface area contributed by atoms with E-state index in [4.69, 9.17) is 17.3 Å². The first kappa shape index (κ1) is 11.9. The van der Waals surface area contributed by atoms with Crippen molar-refractivity contribution in [1.82, 2.24) is 9.55 Å². The zero-order valence-corrected chi connectivity index (χ0v) is 10.7. The number of nitrogens with zero attached hydrogens (tertiary/aromatic N) is 2. The van der Waals surface area contributed by atoms with Gasteiger partial charge in [-0.25, -0.2) is 9.37 Å². The average molecular weight is 268 g/mol. The van der Waals surface area contributed by atoms with Gasteiger partial charge < -0.3 is 10.3 Å². The summed E-state index contributed by atoms with van der Waals surface area (Å²) in [4.78, 5) is 4.24. The molecular formula is C13H15ClFN3. The second-order valence-corrected chi connectivity index (χ2v) is 5.39. The number of hydrogen-bond donors (Lipinski definition) is 1. The Morgan fingerprint density at radius 2 is 2.22 bits per heavy atom. The minimum atomic E-state index is -0.349. The molecule has 0 unspecified atom stereocenters. The highest BCUT2D eigenvalue weighted by Crippen LogP contribution is 2.33. The molecule has 0 amide bonds. The number of hydrogen-bond acceptors (Lipinski definition) is 2. The fraction of sp³-hybridized carbons (Fsp3) is 0.462. The number of fused-ring (bicyclic) bond motifs is 1. The summed E-state index contributed by atoms with van der Waals surface area (Å²) >= 11 is 6.13. The van der Waals surface area contributed by atoms with Gasteiger partial charge in [-0.2, -0.15) is 0 Å². The molecule has 2 atom stereocenters. The van der Waals surface area contributed by atoms with Gasteiger partial charge in [-0.05, 0) is 31.7 Å². The Balaban J connectivity index is 2.07. The normalized spacial score (nSPS) is 24.6. The van der Waals surface area contributed by atoms with Gasteiger partial charge in [0.2, 0.25) is 0 Å². The lowest BCUT2D eigenvalue weighted by Gasteiger charge is -2.28. The van der Waals surface area contributed by atoms with E-state index in [0.717, 1.165) is 31.2 Å². The summed E-state index contributed by atoms with van der Waals surface area (Å²) in [5.74, 6) is -0.349. The summed E-state index contributed by atoms with van der Waals surface area (Å²) in [6.45, 7) is 0. The Morgan fingerprint density at radius 1 is 1.39 bits per heavy atom. The van der Waals surface area contributed by atoms with E-state index in [2.05, 4.69) is 9.55 Å². The predicted octanol–water partition coefficient (Wildman–Crippen LogP) is 3.27. The van der Waals surface area contributed by atoms with Crippen LogP contribution < -0.4 is 5.73 Å². The third-order valence-corrected chi connectivity index (χ3v) is 3.96. The lowest BCUT2D eigenvalue weighted by molar-refractivity contribution is 0.325. The summed E-state index contributed by atoms with van der Waals surface area (Å²) < 4.78 is 15.3. The fourth-order valence-corrected chi connectivity index (χ4v) is 3.12. The summed E-state index contributed by atoms with van der Waals surface area (Å²) in [5.41, 5.74) is 7.44. The summed E-state index contributed by atoms with van der Waals surface area (Å²) in [5, 5.41) is 0.418. The van der Waals surface area contributed by atoms with Crippen LogP contribution in [0.2, 0.25) is 5.02 Å². The molecule has 3 rings (SSSR count). The van der Waals surface area contributed by atoms with Gasteiger partial charge in [0.15, 0.2) is 0 Å². The van der Waals surface area contributed by atoms with Crippen molar-refractivity contribution in [3.63, 3.8) is 0 Å². The van der Waals surface area contributed by atoms with Gasteiger partial charge in [-0.15, -0.1) is 0 Å². The van der Waals surface area contributed by atoms with Crippen LogP contribution >= 0.6 is 11.6 Å². The van der Waals surface area contributed by atoms with Gasteiger partial charge in [-0.1, -0.05) is 11.6 Å². The molecule has 0 bridgehead atoms. The molecule has 1 aliphatic carbocycles. The molecule has 1 fully saturated rings. The third kappa shape index (κ3) is 1.99. The van der Waals surface area contributed by atoms with Crippen molar-refractivity contribution in [2.24, 2.45) is 5.73 Å². The molecule has 96 valence electrons. The monoisotopic (exact) mass is 267 g/mol. The molecule has 0 spiro atoms. The maximum absolute atomic E-state index is 13.3. The van der Waals surface area contributed by atoms with Crippen LogP contribution in [-0.4, -0.2) is 15.6 Å². The summed E-state index contributed by atoms with van der Waals surface area (Å²) in [6, 6.07) is 3.31. The van der Waals surface area contributed by atoms with Crippen LogP contribution in [0.5, 0.6) is 0 Å². The van der Waals surface area contributed by atoms with Crippen LogP contribution in [0.4, 0.5) is 4.39 Å². The van der Waals surface area contributed by atoms with E-state index in [1.165, 1.54) is 12.1 Å². The van der Waals surface area contributed by atoms with E-state index < -0.39 is 0 Å². The molecule has 1 aliphatic rings. The zero-order valence-electron chi connectivity index (χ0n) is 9.94. The van der Waals surface area contributed by atoms with E-state index in [1.54, 1.807) is 6.33 Å². The highest BCUT2D eigenvalue weighted by Gasteiger charge is 2.23. The second-order valence-electron chi connectivity index (χ2n) is 4.99. The quantitative estimate of drug-likeness (QED) is 0.862. The number of rotatable bonds is 1. The Morgan fingerprint density at radius 3 is 3.00 bits per heavy atom. The molecule has 5 heteroatoms. The van der Waals surface area contributed by atoms with Crippen molar-refractivity contribution in [3.8, 4) is 0 Å². The first-order valence-corrected chi connectivity index (χ1v) is 6.60. The summed E-state index contributed by atoms with van der Waals surface area (Å²) in [7, 11) is 0. The molecule has 0 aliphatic heterocycles. The number of halogens is 2. The number of nitrogens with two attached hydrogens (primary N) is 1. The lowest BCUT2D eigenvalue weighted by Crippen LogP contribution is -2.29. The largest absolute Gasteiger partial charge is 0.328 e. The smallest absolute Gasteiger partial charge is 0.127 e. The molecule has 1 aromatic heterocycles. The Kier molecular flexibility index (Phi) is 2.99. The molecular weight excluding hydrogens is 253 g/mol. The second kappa shape index (κ2) is 4.52. The Hall–Kier alpha value is -1.13. The predicted molar refractivity (Wildman–Crippen MR) is 70.2 cm³/mol. The maximum Gasteiger partial charge on any atom is 0.127 e. The topological polar surface area (TPSA) is 43.8 Å². The molecule has 2 N–H and O–H groups in total. The molecule has 2 aromatic rings. The van der Waals surface area contributed by atoms with Gasteiger partial charge in [0.1, 0.15) is 5.82 Å². The van der Waals surface area contributed by atoms with Crippen molar-refractivity contribution in [2.75, 3.05) is 0 Å². The number of benzene rings is 1. The highest BCUT2D eigenvalue weighted by atomic mass is 35.5. The first-order valence-electron chi connectivity index (χ1n) is 6.22. The van der Waals surface area contributed by atoms with Crippen molar-refractivity contribution < 1.29 is 4.39 Å². The summed E-state index contributed by atoms with van der Waals surface area (Å²) in [6.07, 6.45) is 5.94. The molecule has 1 heterocycles. The van der Waals surface area contributed by atoms with Crippen molar-refractivity contribution >= 4 is 22.6 Å². The zero-order chi connectivity index (χ0) is 12.7. The lowest BCUT2D eigenvalue weighted by atomic mass is 9.91. The standard InChI is InChI=1S/C13H15ClFN3/c14-11-4-8(15)5-12-13(11)18(7-17-12)10-3-1-2-9(16)6-10/h4-5,7,9-10H,1-3,6,16H2/t9-,10+/m1/s1. The highest BCUT2D eigenvalue weighted by molar-refractivity contribution is 6.35. The van der Waals surface area contributed by atoms with Gasteiger partial charge in [0.05, 0.1) is 22.4 Å². The van der Waals surface area contributed by atoms with Crippen molar-refractivity contribution in [3.05, 3.63) is 29.3 Å². The first-order chi connectivity index (χ1) is 8.65. The maximum atomic E-state index is 13.3. The van der Waals surface area contributed by atoms with Gasteiger partial charge in [-0.3, -0.25) is 0 Å². The van der Waals surface area contributed by atoms with Crippen molar-refractivity contribution in [1.29, 1.82) is 0 Å². The van der Waals surface area contributed by atoms with Gasteiger partial charge in [0, 0.05) is 18.2 Å². The third-order valence-electron chi connectivity index (χ3n) is 3.67. The van der Waals surface area contributed by atoms with E-state index in [-0.39, 0.29) is 11.9 Å². The molecule has 3 nitrogen and oxygen atoms in total. The SMILES string of the molecule is N[C@@H]1CCC[C@H](n2cnc3cc(F)cc(Cl)c32)C1. The fourth-order valence-electron chi connectivity index (χ4n) is 2.82. The molecule has 1 aromatic carbocycles. The molecule has 0 radical (unpaired) electrons. The van der Waals surface area contributed by atoms with Crippen LogP contribution in [0.3, 0.4) is 0 Å². The van der Waals surface area contributed by atoms with E-state index >= 15 is 0 Å². The van der Waals surface area contributed by atoms with Gasteiger partial charge in [0.25, 0.3) is 0 Å². The van der Waals surface area contributed by atoms with Crippen LogP contribution in [0, 0.1) is 5.82 Å². The number of imidazole rings is 1. The number of aromatic nitrogens is 2. The molecule has 1 saturated carbocycles. The van der Waals surface area contributed by atoms with Crippen LogP contribution in [0.1, 0.15) is 31.7 Å². The minimum Gasteiger partial charge on any atom is -0.328 e. The molecule has 0 saturated heterocycles. The van der Waals surface area contributed by atoms with Crippen LogP contribution in [-0.2, 0) is 0 Å². The molecule has 18 heavy (non-hydrogen) atoms. The van der Waals surface area contributed by atoms with Crippen molar-refractivity contribution in [2.45, 2.75) is 37.8 Å². The van der Waals surface area contributed by atoms with E-state index in [1.807, 2.05) is 0 Å². The van der Waals surface area contributed by atoms with Crippen LogP contribution in [0.15, 0.2) is 18.5 Å². The Bertz CT molecular complexity index is 581.